The van der Waals surface area contributed by atoms with E-state index in [0.717, 1.165) is 25.9 Å². The highest BCUT2D eigenvalue weighted by molar-refractivity contribution is 5.74. The normalized spacial score (nSPS) is 25.0. The van der Waals surface area contributed by atoms with Gasteiger partial charge in [-0.25, -0.2) is 14.2 Å². The molecule has 4 atom stereocenters. The maximum absolute atomic E-state index is 14.5. The number of hydrogen-bond acceptors (Lipinski definition) is 7. The maximum atomic E-state index is 14.5. The standard InChI is InChI=1S/C25H29FN4O5/c1-34-25(33)30-23(15-5-4-6-17(31)11-15)19-14-35-20-8-7-16(26)12-18(20)24(19)29(30)22(13-21(27)32)28-9-2-3-10-28/h4-8,11-12,19,22-24,31H,2-3,9-10,13-14H2,1H3,(H2,27,32)/t19-,22?,23-,24?/m1/s1. The van der Waals surface area contributed by atoms with E-state index in [1.807, 2.05) is 11.1 Å². The van der Waals surface area contributed by atoms with Crippen molar-refractivity contribution >= 4 is 12.0 Å². The summed E-state index contributed by atoms with van der Waals surface area (Å²) in [7, 11) is 1.30. The summed E-state index contributed by atoms with van der Waals surface area (Å²) >= 11 is 0. The Labute approximate surface area is 202 Å². The number of carbonyl (C=O) groups is 2. The van der Waals surface area contributed by atoms with Gasteiger partial charge in [-0.2, -0.15) is 5.01 Å². The van der Waals surface area contributed by atoms with E-state index in [1.54, 1.807) is 24.3 Å². The van der Waals surface area contributed by atoms with Crippen LogP contribution in [-0.4, -0.2) is 65.0 Å². The van der Waals surface area contributed by atoms with Crippen LogP contribution < -0.4 is 10.5 Å². The molecule has 186 valence electrons. The highest BCUT2D eigenvalue weighted by atomic mass is 19.1. The van der Waals surface area contributed by atoms with Gasteiger partial charge >= 0.3 is 6.09 Å². The van der Waals surface area contributed by atoms with Crippen molar-refractivity contribution in [1.29, 1.82) is 0 Å². The summed E-state index contributed by atoms with van der Waals surface area (Å²) in [5.74, 6) is -0.679. The predicted molar refractivity (Wildman–Crippen MR) is 123 cm³/mol. The Morgan fingerprint density at radius 2 is 1.97 bits per heavy atom. The Balaban J connectivity index is 1.71. The van der Waals surface area contributed by atoms with Gasteiger partial charge < -0.3 is 20.3 Å². The highest BCUT2D eigenvalue weighted by Crippen LogP contribution is 2.55. The van der Waals surface area contributed by atoms with Crippen LogP contribution in [0.15, 0.2) is 42.5 Å². The van der Waals surface area contributed by atoms with Crippen LogP contribution in [0.5, 0.6) is 11.5 Å². The summed E-state index contributed by atoms with van der Waals surface area (Å²) < 4.78 is 25.7. The second-order valence-corrected chi connectivity index (χ2v) is 9.23. The third-order valence-electron chi connectivity index (χ3n) is 7.15. The van der Waals surface area contributed by atoms with Gasteiger partial charge in [0.15, 0.2) is 0 Å². The molecule has 5 rings (SSSR count). The number of carbonyl (C=O) groups excluding carboxylic acids is 2. The average molecular weight is 485 g/mol. The van der Waals surface area contributed by atoms with Crippen LogP contribution >= 0.6 is 0 Å². The van der Waals surface area contributed by atoms with Crippen LogP contribution in [0.2, 0.25) is 0 Å². The largest absolute Gasteiger partial charge is 0.508 e. The molecule has 0 aliphatic carbocycles. The number of primary amides is 1. The van der Waals surface area contributed by atoms with E-state index in [-0.39, 0.29) is 24.7 Å². The minimum absolute atomic E-state index is 0.0189. The van der Waals surface area contributed by atoms with Crippen LogP contribution in [0.25, 0.3) is 0 Å². The number of hydrazine groups is 1. The first kappa shape index (κ1) is 23.4. The number of phenols is 1. The summed E-state index contributed by atoms with van der Waals surface area (Å²) in [5, 5.41) is 13.5. The summed E-state index contributed by atoms with van der Waals surface area (Å²) in [6, 6.07) is 9.94. The van der Waals surface area contributed by atoms with Gasteiger partial charge in [0.2, 0.25) is 5.91 Å². The van der Waals surface area contributed by atoms with E-state index in [2.05, 4.69) is 4.90 Å². The van der Waals surface area contributed by atoms with Crippen molar-refractivity contribution in [3.63, 3.8) is 0 Å². The zero-order valence-electron chi connectivity index (χ0n) is 19.5. The molecule has 2 fully saturated rings. The highest BCUT2D eigenvalue weighted by Gasteiger charge is 2.57. The number of aromatic hydroxyl groups is 1. The van der Waals surface area contributed by atoms with Gasteiger partial charge in [-0.15, -0.1) is 0 Å². The van der Waals surface area contributed by atoms with Crippen molar-refractivity contribution in [2.24, 2.45) is 11.7 Å². The quantitative estimate of drug-likeness (QED) is 0.672. The minimum atomic E-state index is -0.626. The van der Waals surface area contributed by atoms with Crippen LogP contribution in [0.3, 0.4) is 0 Å². The molecule has 2 saturated heterocycles. The molecular weight excluding hydrogens is 455 g/mol. The van der Waals surface area contributed by atoms with Crippen molar-refractivity contribution in [2.45, 2.75) is 37.5 Å². The molecule has 2 unspecified atom stereocenters. The van der Waals surface area contributed by atoms with E-state index in [9.17, 15) is 19.1 Å². The lowest BCUT2D eigenvalue weighted by Gasteiger charge is -2.43. The third kappa shape index (κ3) is 4.17. The summed E-state index contributed by atoms with van der Waals surface area (Å²) in [6.07, 6.45) is 0.728. The van der Waals surface area contributed by atoms with Gasteiger partial charge in [0.05, 0.1) is 38.4 Å². The molecule has 3 N–H and O–H groups in total. The number of halogens is 1. The topological polar surface area (TPSA) is 109 Å². The Hall–Kier alpha value is -3.37. The molecule has 0 aromatic heterocycles. The Morgan fingerprint density at radius 1 is 1.20 bits per heavy atom. The molecule has 0 radical (unpaired) electrons. The lowest BCUT2D eigenvalue weighted by atomic mass is 9.84. The van der Waals surface area contributed by atoms with Crippen molar-refractivity contribution < 1.29 is 28.6 Å². The molecule has 9 nitrogen and oxygen atoms in total. The number of fused-ring (bicyclic) bond motifs is 3. The monoisotopic (exact) mass is 484 g/mol. The number of benzene rings is 2. The number of nitrogens with zero attached hydrogens (tertiary/aromatic N) is 3. The second-order valence-electron chi connectivity index (χ2n) is 9.23. The summed E-state index contributed by atoms with van der Waals surface area (Å²) in [5.41, 5.74) is 6.96. The second kappa shape index (κ2) is 9.35. The van der Waals surface area contributed by atoms with Gasteiger partial charge in [-0.1, -0.05) is 12.1 Å². The smallest absolute Gasteiger partial charge is 0.424 e. The van der Waals surface area contributed by atoms with Crippen molar-refractivity contribution in [3.05, 3.63) is 59.4 Å². The Morgan fingerprint density at radius 3 is 2.66 bits per heavy atom. The Kier molecular flexibility index (Phi) is 6.24. The average Bonchev–Trinajstić information content (AvgIpc) is 3.48. The summed E-state index contributed by atoms with van der Waals surface area (Å²) in [6.45, 7) is 1.73. The van der Waals surface area contributed by atoms with Crippen LogP contribution in [0.1, 0.15) is 42.5 Å². The molecule has 0 saturated carbocycles. The first-order chi connectivity index (χ1) is 16.9. The van der Waals surface area contributed by atoms with Crippen LogP contribution in [0, 0.1) is 11.7 Å². The molecule has 2 aromatic carbocycles. The molecule has 0 bridgehead atoms. The van der Waals surface area contributed by atoms with Crippen LogP contribution in [-0.2, 0) is 9.53 Å². The fraction of sp³-hybridized carbons (Fsp3) is 0.440. The number of amides is 2. The molecule has 2 aromatic rings. The first-order valence-corrected chi connectivity index (χ1v) is 11.8. The van der Waals surface area contributed by atoms with E-state index in [4.69, 9.17) is 15.2 Å². The van der Waals surface area contributed by atoms with Gasteiger partial charge in [0.25, 0.3) is 0 Å². The fourth-order valence-corrected chi connectivity index (χ4v) is 5.79. The van der Waals surface area contributed by atoms with Crippen molar-refractivity contribution in [3.8, 4) is 11.5 Å². The van der Waals surface area contributed by atoms with Gasteiger partial charge in [0.1, 0.15) is 17.3 Å². The van der Waals surface area contributed by atoms with E-state index >= 15 is 0 Å². The van der Waals surface area contributed by atoms with E-state index < -0.39 is 36.1 Å². The number of methoxy groups -OCH3 is 1. The number of nitrogens with two attached hydrogens (primary N) is 1. The number of ether oxygens (including phenoxy) is 2. The maximum Gasteiger partial charge on any atom is 0.424 e. The number of likely N-dealkylation sites (tertiary alicyclic amines) is 1. The van der Waals surface area contributed by atoms with E-state index in [1.165, 1.54) is 24.3 Å². The van der Waals surface area contributed by atoms with Crippen molar-refractivity contribution in [1.82, 2.24) is 14.9 Å². The zero-order chi connectivity index (χ0) is 24.7. The van der Waals surface area contributed by atoms with Crippen molar-refractivity contribution in [2.75, 3.05) is 26.8 Å². The van der Waals surface area contributed by atoms with Gasteiger partial charge in [-0.05, 0) is 61.8 Å². The van der Waals surface area contributed by atoms with Gasteiger partial charge in [0, 0.05) is 11.5 Å². The van der Waals surface area contributed by atoms with E-state index in [0.29, 0.717) is 16.9 Å². The van der Waals surface area contributed by atoms with Crippen LogP contribution in [0.4, 0.5) is 9.18 Å². The zero-order valence-corrected chi connectivity index (χ0v) is 19.5. The molecule has 3 aliphatic heterocycles. The molecule has 2 amide bonds. The predicted octanol–water partition coefficient (Wildman–Crippen LogP) is 2.92. The minimum Gasteiger partial charge on any atom is -0.508 e. The lowest BCUT2D eigenvalue weighted by Crippen LogP contribution is -2.56. The Bertz CT molecular complexity index is 1120. The summed E-state index contributed by atoms with van der Waals surface area (Å²) in [4.78, 5) is 27.7. The first-order valence-electron chi connectivity index (χ1n) is 11.8. The number of phenolic OH excluding ortho intramolecular Hbond substituents is 1. The number of hydrogen-bond donors (Lipinski definition) is 2. The lowest BCUT2D eigenvalue weighted by molar-refractivity contribution is -0.130. The molecule has 0 spiro atoms. The molecule has 3 aliphatic rings. The van der Waals surface area contributed by atoms with Gasteiger partial charge in [-0.3, -0.25) is 9.69 Å². The molecule has 3 heterocycles. The molecule has 35 heavy (non-hydrogen) atoms. The number of rotatable bonds is 5. The fourth-order valence-electron chi connectivity index (χ4n) is 5.79. The third-order valence-corrected chi connectivity index (χ3v) is 7.15. The molecule has 10 heteroatoms. The SMILES string of the molecule is COC(=O)N1[C@H](c2cccc(O)c2)[C@H]2COc3ccc(F)cc3C2N1C(CC(N)=O)N1CCCC1. The molecular formula is C25H29FN4O5.